The van der Waals surface area contributed by atoms with Crippen molar-refractivity contribution in [3.05, 3.63) is 0 Å². The third-order valence-corrected chi connectivity index (χ3v) is 1.84. The third-order valence-electron chi connectivity index (χ3n) is 1.84. The van der Waals surface area contributed by atoms with Gasteiger partial charge in [-0.2, -0.15) is 0 Å². The van der Waals surface area contributed by atoms with Crippen molar-refractivity contribution in [1.29, 1.82) is 0 Å². The van der Waals surface area contributed by atoms with Gasteiger partial charge < -0.3 is 10.5 Å². The zero-order valence-electron chi connectivity index (χ0n) is 8.87. The lowest BCUT2D eigenvalue weighted by Crippen LogP contribution is -2.48. The highest BCUT2D eigenvalue weighted by atomic mass is 16.5. The lowest BCUT2D eigenvalue weighted by Gasteiger charge is -2.18. The maximum absolute atomic E-state index is 11.2. The van der Waals surface area contributed by atoms with Crippen LogP contribution in [0.25, 0.3) is 0 Å². The molecular formula is C9H18N2O3. The standard InChI is InChI=1S/C9H18N2O3/c1-4-7(8(10)12)11-6(3)9(13)14-5-2/h6-7,11H,4-5H2,1-3H3,(H2,10,12). The molecule has 5 heteroatoms. The Balaban J connectivity index is 4.08. The number of primary amides is 1. The van der Waals surface area contributed by atoms with Crippen LogP contribution in [0.4, 0.5) is 0 Å². The van der Waals surface area contributed by atoms with Crippen LogP contribution in [0, 0.1) is 0 Å². The molecule has 14 heavy (non-hydrogen) atoms. The minimum Gasteiger partial charge on any atom is -0.465 e. The molecule has 2 unspecified atom stereocenters. The number of ether oxygens (including phenoxy) is 1. The van der Waals surface area contributed by atoms with E-state index in [-0.39, 0.29) is 5.97 Å². The number of hydrogen-bond donors (Lipinski definition) is 2. The van der Waals surface area contributed by atoms with Crippen molar-refractivity contribution in [3.8, 4) is 0 Å². The van der Waals surface area contributed by atoms with Gasteiger partial charge in [-0.3, -0.25) is 14.9 Å². The fourth-order valence-corrected chi connectivity index (χ4v) is 1.04. The van der Waals surface area contributed by atoms with E-state index in [9.17, 15) is 9.59 Å². The van der Waals surface area contributed by atoms with Crippen LogP contribution in [0.15, 0.2) is 0 Å². The minimum atomic E-state index is -0.507. The highest BCUT2D eigenvalue weighted by Gasteiger charge is 2.20. The van der Waals surface area contributed by atoms with E-state index in [0.29, 0.717) is 13.0 Å². The van der Waals surface area contributed by atoms with Gasteiger partial charge in [-0.1, -0.05) is 6.92 Å². The predicted molar refractivity (Wildman–Crippen MR) is 52.5 cm³/mol. The van der Waals surface area contributed by atoms with Crippen LogP contribution < -0.4 is 11.1 Å². The van der Waals surface area contributed by atoms with Crippen LogP contribution >= 0.6 is 0 Å². The molecular weight excluding hydrogens is 184 g/mol. The van der Waals surface area contributed by atoms with E-state index in [1.54, 1.807) is 13.8 Å². The van der Waals surface area contributed by atoms with Crippen molar-refractivity contribution in [2.75, 3.05) is 6.61 Å². The van der Waals surface area contributed by atoms with Crippen LogP contribution in [0.3, 0.4) is 0 Å². The molecule has 0 bridgehead atoms. The highest BCUT2D eigenvalue weighted by molar-refractivity contribution is 5.81. The summed E-state index contributed by atoms with van der Waals surface area (Å²) in [4.78, 5) is 22.0. The third kappa shape index (κ3) is 4.23. The number of hydrogen-bond acceptors (Lipinski definition) is 4. The molecule has 0 aromatic heterocycles. The molecule has 82 valence electrons. The van der Waals surface area contributed by atoms with Crippen LogP contribution in [0.2, 0.25) is 0 Å². The van der Waals surface area contributed by atoms with Crippen molar-refractivity contribution in [3.63, 3.8) is 0 Å². The topological polar surface area (TPSA) is 81.4 Å². The molecule has 0 radical (unpaired) electrons. The zero-order valence-corrected chi connectivity index (χ0v) is 8.87. The summed E-state index contributed by atoms with van der Waals surface area (Å²) >= 11 is 0. The van der Waals surface area contributed by atoms with Gasteiger partial charge in [0.1, 0.15) is 6.04 Å². The molecule has 0 aliphatic rings. The first-order valence-electron chi connectivity index (χ1n) is 4.74. The van der Waals surface area contributed by atoms with Crippen molar-refractivity contribution < 1.29 is 14.3 Å². The Kier molecular flexibility index (Phi) is 5.87. The van der Waals surface area contributed by atoms with Crippen molar-refractivity contribution in [2.45, 2.75) is 39.3 Å². The molecule has 0 saturated carbocycles. The number of amides is 1. The van der Waals surface area contributed by atoms with Gasteiger partial charge in [-0.25, -0.2) is 0 Å². The fourth-order valence-electron chi connectivity index (χ4n) is 1.04. The van der Waals surface area contributed by atoms with Crippen molar-refractivity contribution in [1.82, 2.24) is 5.32 Å². The first-order chi connectivity index (χ1) is 6.52. The zero-order chi connectivity index (χ0) is 11.1. The summed E-state index contributed by atoms with van der Waals surface area (Å²) in [7, 11) is 0. The lowest BCUT2D eigenvalue weighted by atomic mass is 10.2. The molecule has 0 aliphatic heterocycles. The van der Waals surface area contributed by atoms with Crippen molar-refractivity contribution in [2.24, 2.45) is 5.73 Å². The van der Waals surface area contributed by atoms with Crippen LogP contribution in [0.5, 0.6) is 0 Å². The van der Waals surface area contributed by atoms with Gasteiger partial charge in [0.2, 0.25) is 5.91 Å². The monoisotopic (exact) mass is 202 g/mol. The molecule has 1 amide bonds. The quantitative estimate of drug-likeness (QED) is 0.584. The molecule has 0 rings (SSSR count). The maximum atomic E-state index is 11.2. The molecule has 0 aromatic rings. The van der Waals surface area contributed by atoms with Crippen LogP contribution in [0.1, 0.15) is 27.2 Å². The molecule has 3 N–H and O–H groups in total. The maximum Gasteiger partial charge on any atom is 0.322 e. The largest absolute Gasteiger partial charge is 0.465 e. The summed E-state index contributed by atoms with van der Waals surface area (Å²) in [6.07, 6.45) is 0.555. The van der Waals surface area contributed by atoms with Gasteiger partial charge in [-0.15, -0.1) is 0 Å². The Hall–Kier alpha value is -1.10. The number of carbonyl (C=O) groups excluding carboxylic acids is 2. The Morgan fingerprint density at radius 3 is 2.36 bits per heavy atom. The molecule has 5 nitrogen and oxygen atoms in total. The molecule has 0 aromatic carbocycles. The second kappa shape index (κ2) is 6.37. The van der Waals surface area contributed by atoms with Gasteiger partial charge in [-0.05, 0) is 20.3 Å². The van der Waals surface area contributed by atoms with E-state index in [2.05, 4.69) is 5.32 Å². The molecule has 2 atom stereocenters. The van der Waals surface area contributed by atoms with E-state index >= 15 is 0 Å². The molecule has 0 saturated heterocycles. The Bertz CT molecular complexity index is 206. The van der Waals surface area contributed by atoms with Gasteiger partial charge in [0, 0.05) is 0 Å². The van der Waals surface area contributed by atoms with E-state index < -0.39 is 18.0 Å². The summed E-state index contributed by atoms with van der Waals surface area (Å²) in [5.74, 6) is -0.823. The number of esters is 1. The second-order valence-corrected chi connectivity index (χ2v) is 3.00. The summed E-state index contributed by atoms with van der Waals surface area (Å²) in [6.45, 7) is 5.53. The first-order valence-corrected chi connectivity index (χ1v) is 4.74. The van der Waals surface area contributed by atoms with Gasteiger partial charge in [0.15, 0.2) is 0 Å². The van der Waals surface area contributed by atoms with Crippen LogP contribution in [-0.2, 0) is 14.3 Å². The van der Waals surface area contributed by atoms with Crippen LogP contribution in [-0.4, -0.2) is 30.6 Å². The smallest absolute Gasteiger partial charge is 0.322 e. The fraction of sp³-hybridized carbons (Fsp3) is 0.778. The molecule has 0 heterocycles. The number of nitrogens with two attached hydrogens (primary N) is 1. The predicted octanol–water partition coefficient (Wildman–Crippen LogP) is -0.208. The minimum absolute atomic E-state index is 0.332. The Morgan fingerprint density at radius 1 is 1.43 bits per heavy atom. The Morgan fingerprint density at radius 2 is 2.00 bits per heavy atom. The average Bonchev–Trinajstić information content (AvgIpc) is 2.13. The first kappa shape index (κ1) is 12.9. The number of nitrogens with one attached hydrogen (secondary N) is 1. The molecule has 0 fully saturated rings. The number of carbonyl (C=O) groups is 2. The van der Waals surface area contributed by atoms with Gasteiger partial charge in [0.25, 0.3) is 0 Å². The summed E-state index contributed by atoms with van der Waals surface area (Å²) < 4.78 is 4.78. The second-order valence-electron chi connectivity index (χ2n) is 3.00. The summed E-state index contributed by atoms with van der Waals surface area (Å²) in [5.41, 5.74) is 5.12. The van der Waals surface area contributed by atoms with Gasteiger partial charge >= 0.3 is 5.97 Å². The highest BCUT2D eigenvalue weighted by Crippen LogP contribution is 1.95. The molecule has 0 aliphatic carbocycles. The SMILES string of the molecule is CCOC(=O)C(C)NC(CC)C(N)=O. The number of rotatable bonds is 6. The average molecular weight is 202 g/mol. The summed E-state index contributed by atoms with van der Waals surface area (Å²) in [5, 5.41) is 2.80. The normalized spacial score (nSPS) is 14.5. The van der Waals surface area contributed by atoms with Gasteiger partial charge in [0.05, 0.1) is 12.6 Å². The van der Waals surface area contributed by atoms with E-state index in [1.165, 1.54) is 0 Å². The Labute approximate surface area is 84.0 Å². The van der Waals surface area contributed by atoms with Crippen molar-refractivity contribution >= 4 is 11.9 Å². The van der Waals surface area contributed by atoms with E-state index in [1.807, 2.05) is 6.92 Å². The summed E-state index contributed by atoms with van der Waals surface area (Å²) in [6, 6.07) is -0.984. The molecule has 0 spiro atoms. The van der Waals surface area contributed by atoms with E-state index in [4.69, 9.17) is 10.5 Å². The van der Waals surface area contributed by atoms with E-state index in [0.717, 1.165) is 0 Å². The lowest BCUT2D eigenvalue weighted by molar-refractivity contribution is -0.145.